The minimum absolute atomic E-state index is 0.0963. The molecule has 0 bridgehead atoms. The van der Waals surface area contributed by atoms with E-state index in [0.29, 0.717) is 12.4 Å². The van der Waals surface area contributed by atoms with Crippen LogP contribution in [0.2, 0.25) is 5.02 Å². The van der Waals surface area contributed by atoms with Crippen molar-refractivity contribution >= 4 is 17.3 Å². The third-order valence-electron chi connectivity index (χ3n) is 2.62. The van der Waals surface area contributed by atoms with E-state index in [9.17, 15) is 10.1 Å². The number of benzene rings is 1. The van der Waals surface area contributed by atoms with E-state index >= 15 is 0 Å². The molecule has 1 aromatic carbocycles. The van der Waals surface area contributed by atoms with Crippen LogP contribution in [0.3, 0.4) is 0 Å². The maximum absolute atomic E-state index is 11.1. The Morgan fingerprint density at radius 3 is 2.71 bits per heavy atom. The predicted molar refractivity (Wildman–Crippen MR) is 78.0 cm³/mol. The van der Waals surface area contributed by atoms with E-state index in [-0.39, 0.29) is 27.7 Å². The van der Waals surface area contributed by atoms with Crippen LogP contribution in [0.15, 0.2) is 22.6 Å². The largest absolute Gasteiger partial charge is 0.419 e. The maximum atomic E-state index is 11.1. The van der Waals surface area contributed by atoms with Crippen LogP contribution in [0, 0.1) is 10.1 Å². The lowest BCUT2D eigenvalue weighted by molar-refractivity contribution is -0.384. The molecule has 0 aliphatic heterocycles. The van der Waals surface area contributed by atoms with Crippen molar-refractivity contribution in [1.82, 2.24) is 15.5 Å². The molecule has 1 aromatic heterocycles. The topological polar surface area (TPSA) is 94.1 Å². The number of nitro benzene ring substituents is 1. The highest BCUT2D eigenvalue weighted by atomic mass is 35.5. The predicted octanol–water partition coefficient (Wildman–Crippen LogP) is 3.19. The number of nitrogens with zero attached hydrogens (tertiary/aromatic N) is 3. The zero-order chi connectivity index (χ0) is 15.6. The van der Waals surface area contributed by atoms with Crippen molar-refractivity contribution in [1.29, 1.82) is 0 Å². The van der Waals surface area contributed by atoms with Gasteiger partial charge in [0, 0.05) is 16.6 Å². The molecule has 1 N–H and O–H groups in total. The molecule has 2 aromatic rings. The Labute approximate surface area is 126 Å². The molecule has 2 rings (SSSR count). The zero-order valence-corrected chi connectivity index (χ0v) is 12.6. The minimum Gasteiger partial charge on any atom is -0.419 e. The summed E-state index contributed by atoms with van der Waals surface area (Å²) in [5, 5.41) is 22.3. The molecule has 8 heteroatoms. The van der Waals surface area contributed by atoms with Crippen LogP contribution >= 0.6 is 11.6 Å². The Balaban J connectivity index is 2.28. The maximum Gasteiger partial charge on any atom is 0.283 e. The Hall–Kier alpha value is -1.99. The summed E-state index contributed by atoms with van der Waals surface area (Å²) in [5.74, 6) is 0.466. The molecule has 7 nitrogen and oxygen atoms in total. The second kappa shape index (κ2) is 5.79. The fraction of sp³-hybridized carbons (Fsp3) is 0.385. The van der Waals surface area contributed by atoms with Crippen molar-refractivity contribution in [3.8, 4) is 11.5 Å². The number of rotatable bonds is 4. The average molecular weight is 311 g/mol. The van der Waals surface area contributed by atoms with Crippen LogP contribution < -0.4 is 5.32 Å². The first-order valence-electron chi connectivity index (χ1n) is 6.28. The van der Waals surface area contributed by atoms with E-state index in [2.05, 4.69) is 15.5 Å². The lowest BCUT2D eigenvalue weighted by Gasteiger charge is -2.18. The van der Waals surface area contributed by atoms with Gasteiger partial charge in [-0.05, 0) is 32.9 Å². The zero-order valence-electron chi connectivity index (χ0n) is 11.9. The van der Waals surface area contributed by atoms with Crippen LogP contribution in [0.1, 0.15) is 26.7 Å². The van der Waals surface area contributed by atoms with Gasteiger partial charge in [0.15, 0.2) is 0 Å². The molecule has 0 spiro atoms. The molecule has 0 amide bonds. The monoisotopic (exact) mass is 310 g/mol. The summed E-state index contributed by atoms with van der Waals surface area (Å²) in [6.07, 6.45) is 0. The van der Waals surface area contributed by atoms with Gasteiger partial charge in [-0.3, -0.25) is 10.1 Å². The fourth-order valence-electron chi connectivity index (χ4n) is 1.61. The van der Waals surface area contributed by atoms with Crippen LogP contribution in [0.5, 0.6) is 0 Å². The standard InChI is InChI=1S/C13H15ClN4O3/c1-13(2,3)15-7-11-16-17-12(21-11)9-5-4-8(14)6-10(9)18(19)20/h4-6,15H,7H2,1-3H3. The highest BCUT2D eigenvalue weighted by Gasteiger charge is 2.21. The van der Waals surface area contributed by atoms with Gasteiger partial charge in [0.25, 0.3) is 11.6 Å². The molecule has 0 unspecified atom stereocenters. The molecular formula is C13H15ClN4O3. The summed E-state index contributed by atoms with van der Waals surface area (Å²) in [4.78, 5) is 10.5. The molecule has 0 aliphatic rings. The van der Waals surface area contributed by atoms with Gasteiger partial charge < -0.3 is 9.73 Å². The Bertz CT molecular complexity index is 664. The number of aromatic nitrogens is 2. The van der Waals surface area contributed by atoms with Gasteiger partial charge in [-0.2, -0.15) is 0 Å². The minimum atomic E-state index is -0.529. The van der Waals surface area contributed by atoms with Crippen LogP contribution in [-0.2, 0) is 6.54 Å². The summed E-state index contributed by atoms with van der Waals surface area (Å²) in [7, 11) is 0. The van der Waals surface area contributed by atoms with Gasteiger partial charge in [0.2, 0.25) is 5.89 Å². The first kappa shape index (κ1) is 15.4. The van der Waals surface area contributed by atoms with E-state index < -0.39 is 4.92 Å². The molecule has 0 radical (unpaired) electrons. The summed E-state index contributed by atoms with van der Waals surface area (Å²) < 4.78 is 5.46. The van der Waals surface area contributed by atoms with Gasteiger partial charge in [-0.15, -0.1) is 10.2 Å². The number of hydrogen-bond acceptors (Lipinski definition) is 6. The van der Waals surface area contributed by atoms with Crippen molar-refractivity contribution in [2.75, 3.05) is 0 Å². The lowest BCUT2D eigenvalue weighted by atomic mass is 10.1. The van der Waals surface area contributed by atoms with Gasteiger partial charge in [-0.1, -0.05) is 11.6 Å². The van der Waals surface area contributed by atoms with Crippen molar-refractivity contribution in [2.24, 2.45) is 0 Å². The average Bonchev–Trinajstić information content (AvgIpc) is 2.84. The third kappa shape index (κ3) is 3.99. The van der Waals surface area contributed by atoms with Crippen molar-refractivity contribution < 1.29 is 9.34 Å². The molecule has 21 heavy (non-hydrogen) atoms. The molecule has 0 aliphatic carbocycles. The Kier molecular flexibility index (Phi) is 4.24. The number of hydrogen-bond donors (Lipinski definition) is 1. The van der Waals surface area contributed by atoms with E-state index in [1.165, 1.54) is 12.1 Å². The Morgan fingerprint density at radius 1 is 1.38 bits per heavy atom. The second-order valence-electron chi connectivity index (χ2n) is 5.52. The molecule has 0 fully saturated rings. The number of halogens is 1. The van der Waals surface area contributed by atoms with Gasteiger partial charge >= 0.3 is 0 Å². The summed E-state index contributed by atoms with van der Waals surface area (Å²) >= 11 is 5.77. The second-order valence-corrected chi connectivity index (χ2v) is 5.96. The molecule has 0 saturated carbocycles. The molecule has 0 saturated heterocycles. The quantitative estimate of drug-likeness (QED) is 0.688. The highest BCUT2D eigenvalue weighted by molar-refractivity contribution is 6.30. The summed E-state index contributed by atoms with van der Waals surface area (Å²) in [5.41, 5.74) is -0.0126. The van der Waals surface area contributed by atoms with Crippen molar-refractivity contribution in [3.05, 3.63) is 39.2 Å². The number of nitro groups is 1. The summed E-state index contributed by atoms with van der Waals surface area (Å²) in [6.45, 7) is 6.41. The van der Waals surface area contributed by atoms with Crippen LogP contribution in [0.4, 0.5) is 5.69 Å². The first-order chi connectivity index (χ1) is 9.76. The van der Waals surface area contributed by atoms with Crippen molar-refractivity contribution in [2.45, 2.75) is 32.9 Å². The van der Waals surface area contributed by atoms with Gasteiger partial charge in [0.1, 0.15) is 5.56 Å². The first-order valence-corrected chi connectivity index (χ1v) is 6.66. The molecule has 1 heterocycles. The van der Waals surface area contributed by atoms with Crippen molar-refractivity contribution in [3.63, 3.8) is 0 Å². The molecule has 112 valence electrons. The van der Waals surface area contributed by atoms with E-state index in [1.54, 1.807) is 6.07 Å². The fourth-order valence-corrected chi connectivity index (χ4v) is 1.78. The smallest absolute Gasteiger partial charge is 0.283 e. The number of nitrogens with one attached hydrogen (secondary N) is 1. The third-order valence-corrected chi connectivity index (χ3v) is 2.86. The lowest BCUT2D eigenvalue weighted by Crippen LogP contribution is -2.35. The molecule has 0 atom stereocenters. The Morgan fingerprint density at radius 2 is 2.10 bits per heavy atom. The van der Waals surface area contributed by atoms with E-state index in [1.807, 2.05) is 20.8 Å². The van der Waals surface area contributed by atoms with Gasteiger partial charge in [0.05, 0.1) is 11.5 Å². The van der Waals surface area contributed by atoms with Crippen LogP contribution in [-0.4, -0.2) is 20.7 Å². The van der Waals surface area contributed by atoms with E-state index in [0.717, 1.165) is 0 Å². The summed E-state index contributed by atoms with van der Waals surface area (Å²) in [6, 6.07) is 4.30. The van der Waals surface area contributed by atoms with E-state index in [4.69, 9.17) is 16.0 Å². The molecular weight excluding hydrogens is 296 g/mol. The van der Waals surface area contributed by atoms with Gasteiger partial charge in [-0.25, -0.2) is 0 Å². The SMILES string of the molecule is CC(C)(C)NCc1nnc(-c2ccc(Cl)cc2[N+](=O)[O-])o1. The highest BCUT2D eigenvalue weighted by Crippen LogP contribution is 2.31. The van der Waals surface area contributed by atoms with Crippen LogP contribution in [0.25, 0.3) is 11.5 Å². The normalized spacial score (nSPS) is 11.6.